The van der Waals surface area contributed by atoms with Crippen molar-refractivity contribution in [3.05, 3.63) is 24.3 Å². The smallest absolute Gasteiger partial charge is 0.305 e. The molecule has 0 aliphatic carbocycles. The van der Waals surface area contributed by atoms with Crippen molar-refractivity contribution in [2.75, 3.05) is 46.2 Å². The molecule has 0 amide bonds. The standard InChI is InChI=1S/C40H70F4NO5P/c1-5-7-27-39(41,42)29-17-19-32-49-36(46)24-15-11-9-13-21-34-51(38(48)26-23-31-45(3)4)35-22-14-10-12-16-25-37(47)50-33-20-18-30-40(43,44)28-8-6-2/h17-18,29-30H,5-16,19-28,31-35H2,1-4H3. The fourth-order valence-corrected chi connectivity index (χ4v) is 7.81. The normalized spacial score (nSPS) is 13.0. The Bertz CT molecular complexity index is 899. The Kier molecular flexibility index (Phi) is 30.6. The van der Waals surface area contributed by atoms with Crippen molar-refractivity contribution in [2.45, 2.75) is 167 Å². The maximum absolute atomic E-state index is 13.6. The van der Waals surface area contributed by atoms with Crippen LogP contribution in [0.4, 0.5) is 17.6 Å². The predicted molar refractivity (Wildman–Crippen MR) is 203 cm³/mol. The van der Waals surface area contributed by atoms with Gasteiger partial charge in [-0.1, -0.05) is 77.4 Å². The summed E-state index contributed by atoms with van der Waals surface area (Å²) in [4.78, 5) is 39.1. The Hall–Kier alpha value is -1.80. The molecule has 0 rings (SSSR count). The molecule has 0 aliphatic heterocycles. The second kappa shape index (κ2) is 31.7. The third-order valence-electron chi connectivity index (χ3n) is 8.51. The minimum Gasteiger partial charge on any atom is -0.465 e. The number of allylic oxidation sites excluding steroid dienone is 2. The Labute approximate surface area is 308 Å². The van der Waals surface area contributed by atoms with Gasteiger partial charge in [-0.2, -0.15) is 0 Å². The lowest BCUT2D eigenvalue weighted by Gasteiger charge is -2.17. The summed E-state index contributed by atoms with van der Waals surface area (Å²) in [5.74, 6) is -6.18. The molecule has 0 aromatic carbocycles. The third-order valence-corrected chi connectivity index (χ3v) is 11.2. The van der Waals surface area contributed by atoms with Crippen LogP contribution in [0.15, 0.2) is 24.3 Å². The lowest BCUT2D eigenvalue weighted by atomic mass is 10.1. The van der Waals surface area contributed by atoms with Gasteiger partial charge >= 0.3 is 11.9 Å². The average molecular weight is 752 g/mol. The number of hydrogen-bond donors (Lipinski definition) is 0. The topological polar surface area (TPSA) is 72.9 Å². The first-order valence-corrected chi connectivity index (χ1v) is 21.4. The van der Waals surface area contributed by atoms with Gasteiger partial charge in [-0.25, -0.2) is 17.6 Å². The minimum atomic E-state index is -2.80. The molecule has 0 heterocycles. The lowest BCUT2D eigenvalue weighted by molar-refractivity contribution is -0.144. The van der Waals surface area contributed by atoms with Crippen LogP contribution in [0.25, 0.3) is 0 Å². The van der Waals surface area contributed by atoms with Crippen molar-refractivity contribution in [3.63, 3.8) is 0 Å². The van der Waals surface area contributed by atoms with Crippen LogP contribution in [0.5, 0.6) is 0 Å². The van der Waals surface area contributed by atoms with Crippen molar-refractivity contribution < 1.29 is 41.4 Å². The molecule has 0 saturated heterocycles. The van der Waals surface area contributed by atoms with Gasteiger partial charge in [0.2, 0.25) is 0 Å². The molecule has 6 nitrogen and oxygen atoms in total. The molecule has 0 fully saturated rings. The molecule has 0 aromatic heterocycles. The predicted octanol–water partition coefficient (Wildman–Crippen LogP) is 11.6. The Balaban J connectivity index is 4.20. The fourth-order valence-electron chi connectivity index (χ4n) is 5.40. The quantitative estimate of drug-likeness (QED) is 0.0211. The van der Waals surface area contributed by atoms with Crippen LogP contribution in [0.1, 0.15) is 155 Å². The number of hydrogen-bond acceptors (Lipinski definition) is 6. The molecule has 11 heteroatoms. The summed E-state index contributed by atoms with van der Waals surface area (Å²) < 4.78 is 64.8. The molecule has 0 saturated carbocycles. The second-order valence-electron chi connectivity index (χ2n) is 13.9. The largest absolute Gasteiger partial charge is 0.465 e. The van der Waals surface area contributed by atoms with Crippen molar-refractivity contribution in [1.82, 2.24) is 4.90 Å². The summed E-state index contributed by atoms with van der Waals surface area (Å²) in [5, 5.41) is 0. The number of carbonyl (C=O) groups excluding carboxylic acids is 3. The van der Waals surface area contributed by atoms with E-state index >= 15 is 0 Å². The zero-order valence-corrected chi connectivity index (χ0v) is 33.2. The first-order chi connectivity index (χ1) is 24.3. The molecule has 0 unspecified atom stereocenters. The van der Waals surface area contributed by atoms with Gasteiger partial charge in [-0.05, 0) is 111 Å². The van der Waals surface area contributed by atoms with E-state index in [-0.39, 0.29) is 50.8 Å². The highest BCUT2D eigenvalue weighted by Crippen LogP contribution is 2.41. The Morgan fingerprint density at radius 1 is 0.588 bits per heavy atom. The fraction of sp³-hybridized carbons (Fsp3) is 0.825. The summed E-state index contributed by atoms with van der Waals surface area (Å²) in [6, 6.07) is 0. The lowest BCUT2D eigenvalue weighted by Crippen LogP contribution is -2.14. The van der Waals surface area contributed by atoms with Gasteiger partial charge < -0.3 is 14.4 Å². The van der Waals surface area contributed by atoms with Crippen LogP contribution < -0.4 is 0 Å². The molecule has 0 radical (unpaired) electrons. The number of nitrogens with zero attached hydrogens (tertiary/aromatic N) is 1. The van der Waals surface area contributed by atoms with Gasteiger partial charge in [0.25, 0.3) is 11.8 Å². The maximum atomic E-state index is 13.6. The molecular formula is C40H70F4NO5P. The average Bonchev–Trinajstić information content (AvgIpc) is 3.07. The van der Waals surface area contributed by atoms with Gasteiger partial charge in [-0.15, -0.1) is 0 Å². The zero-order chi connectivity index (χ0) is 38.2. The molecule has 0 bridgehead atoms. The summed E-state index contributed by atoms with van der Waals surface area (Å²) in [6.45, 7) is 4.89. The van der Waals surface area contributed by atoms with Gasteiger partial charge in [0.05, 0.1) is 13.2 Å². The Morgan fingerprint density at radius 2 is 1.00 bits per heavy atom. The first-order valence-electron chi connectivity index (χ1n) is 19.7. The number of rotatable bonds is 35. The number of halogens is 4. The van der Waals surface area contributed by atoms with E-state index in [1.54, 1.807) is 0 Å². The molecular weight excluding hydrogens is 681 g/mol. The van der Waals surface area contributed by atoms with Gasteiger partial charge in [0.15, 0.2) is 5.52 Å². The van der Waals surface area contributed by atoms with Crippen molar-refractivity contribution in [3.8, 4) is 0 Å². The molecule has 0 aliphatic rings. The first kappa shape index (κ1) is 49.2. The van der Waals surface area contributed by atoms with E-state index in [0.29, 0.717) is 37.6 Å². The van der Waals surface area contributed by atoms with E-state index < -0.39 is 19.8 Å². The van der Waals surface area contributed by atoms with E-state index in [2.05, 4.69) is 4.90 Å². The van der Waals surface area contributed by atoms with E-state index in [1.165, 1.54) is 12.2 Å². The summed E-state index contributed by atoms with van der Waals surface area (Å²) in [5.41, 5.74) is 0.413. The van der Waals surface area contributed by atoms with Crippen molar-refractivity contribution >= 4 is 25.4 Å². The van der Waals surface area contributed by atoms with E-state index in [4.69, 9.17) is 9.47 Å². The van der Waals surface area contributed by atoms with Gasteiger partial charge in [0, 0.05) is 32.1 Å². The molecule has 0 atom stereocenters. The zero-order valence-electron chi connectivity index (χ0n) is 32.3. The minimum absolute atomic E-state index is 0.118. The molecule has 298 valence electrons. The highest BCUT2D eigenvalue weighted by Gasteiger charge is 2.24. The van der Waals surface area contributed by atoms with Crippen LogP contribution >= 0.6 is 7.92 Å². The van der Waals surface area contributed by atoms with Crippen LogP contribution in [-0.4, -0.2) is 80.4 Å². The molecule has 0 spiro atoms. The van der Waals surface area contributed by atoms with Crippen LogP contribution in [0.3, 0.4) is 0 Å². The summed E-state index contributed by atoms with van der Waals surface area (Å²) >= 11 is 0. The SMILES string of the molecule is CCCCC(F)(F)C=CCCOC(=O)CCCCCCCP(CCCCCCCC(=O)OCCC=CC(F)(F)CCCC)C(=O)CCCN(C)C. The van der Waals surface area contributed by atoms with Crippen LogP contribution in [-0.2, 0) is 23.9 Å². The molecule has 51 heavy (non-hydrogen) atoms. The molecule has 0 N–H and O–H groups in total. The van der Waals surface area contributed by atoms with E-state index in [9.17, 15) is 31.9 Å². The number of alkyl halides is 4. The summed E-state index contributed by atoms with van der Waals surface area (Å²) in [6.07, 6.45) is 20.7. The van der Waals surface area contributed by atoms with Crippen molar-refractivity contribution in [1.29, 1.82) is 0 Å². The van der Waals surface area contributed by atoms with Crippen molar-refractivity contribution in [2.24, 2.45) is 0 Å². The van der Waals surface area contributed by atoms with Crippen LogP contribution in [0.2, 0.25) is 0 Å². The Morgan fingerprint density at radius 3 is 1.41 bits per heavy atom. The second-order valence-corrected chi connectivity index (χ2v) is 16.3. The van der Waals surface area contributed by atoms with E-state index in [1.807, 2.05) is 27.9 Å². The highest BCUT2D eigenvalue weighted by molar-refractivity contribution is 7.74. The highest BCUT2D eigenvalue weighted by atomic mass is 31.1. The third kappa shape index (κ3) is 32.6. The van der Waals surface area contributed by atoms with E-state index in [0.717, 1.165) is 114 Å². The van der Waals surface area contributed by atoms with Gasteiger partial charge in [-0.3, -0.25) is 14.4 Å². The number of unbranched alkanes of at least 4 members (excludes halogenated alkanes) is 10. The monoisotopic (exact) mass is 751 g/mol. The van der Waals surface area contributed by atoms with Crippen LogP contribution in [0, 0.1) is 0 Å². The maximum Gasteiger partial charge on any atom is 0.305 e. The van der Waals surface area contributed by atoms with Gasteiger partial charge in [0.1, 0.15) is 0 Å². The number of carbonyl (C=O) groups is 3. The molecule has 0 aromatic rings. The number of ether oxygens (including phenoxy) is 2. The number of esters is 2. The summed E-state index contributed by atoms with van der Waals surface area (Å²) in [7, 11) is 3.36.